The van der Waals surface area contributed by atoms with Crippen molar-refractivity contribution in [3.8, 4) is 0 Å². The van der Waals surface area contributed by atoms with Crippen molar-refractivity contribution in [1.82, 2.24) is 30.5 Å². The van der Waals surface area contributed by atoms with E-state index in [0.29, 0.717) is 19.5 Å². The molecule has 0 radical (unpaired) electrons. The summed E-state index contributed by atoms with van der Waals surface area (Å²) in [5.41, 5.74) is 6.14. The van der Waals surface area contributed by atoms with E-state index < -0.39 is 0 Å². The Morgan fingerprint density at radius 2 is 1.59 bits per heavy atom. The van der Waals surface area contributed by atoms with Crippen LogP contribution < -0.4 is 15.8 Å². The molecule has 0 unspecified atom stereocenters. The summed E-state index contributed by atoms with van der Waals surface area (Å²) in [7, 11) is 0. The number of carbonyl (C=O) groups excluding carboxylic acids is 2. The van der Waals surface area contributed by atoms with E-state index >= 15 is 0 Å². The van der Waals surface area contributed by atoms with Gasteiger partial charge in [0.2, 0.25) is 11.8 Å². The highest BCUT2D eigenvalue weighted by molar-refractivity contribution is 5.81. The van der Waals surface area contributed by atoms with Crippen molar-refractivity contribution in [2.75, 3.05) is 37.6 Å². The maximum atomic E-state index is 11.9. The molecule has 9 nitrogen and oxygen atoms in total. The molecule has 2 N–H and O–H groups in total. The van der Waals surface area contributed by atoms with Crippen LogP contribution in [0.2, 0.25) is 0 Å². The maximum absolute atomic E-state index is 11.9. The van der Waals surface area contributed by atoms with E-state index in [1.165, 1.54) is 12.0 Å². The minimum atomic E-state index is -0.254. The molecule has 9 heteroatoms. The first kappa shape index (κ1) is 18.8. The number of aryl methyl sites for hydroxylation is 1. The van der Waals surface area contributed by atoms with Gasteiger partial charge in [-0.05, 0) is 12.1 Å². The van der Waals surface area contributed by atoms with Crippen LogP contribution in [0.25, 0.3) is 0 Å². The van der Waals surface area contributed by atoms with E-state index in [9.17, 15) is 9.59 Å². The second kappa shape index (κ2) is 9.67. The Labute approximate surface area is 158 Å². The van der Waals surface area contributed by atoms with Crippen molar-refractivity contribution >= 4 is 17.5 Å². The highest BCUT2D eigenvalue weighted by Crippen LogP contribution is 2.15. The molecule has 0 atom stereocenters. The van der Waals surface area contributed by atoms with Gasteiger partial charge in [-0.25, -0.2) is 4.98 Å². The van der Waals surface area contributed by atoms with Gasteiger partial charge in [-0.3, -0.25) is 30.0 Å². The number of nitrogens with one attached hydrogen (secondary N) is 2. The third-order valence-corrected chi connectivity index (χ3v) is 4.52. The number of nitrogens with zero attached hydrogens (tertiary/aromatic N) is 5. The summed E-state index contributed by atoms with van der Waals surface area (Å²) < 4.78 is 1.57. The second-order valence-electron chi connectivity index (χ2n) is 6.42. The topological polar surface area (TPSA) is 95.4 Å². The Hall–Kier alpha value is -2.94. The molecule has 0 saturated carbocycles. The van der Waals surface area contributed by atoms with Crippen LogP contribution in [-0.2, 0) is 16.1 Å². The largest absolute Gasteiger partial charge is 0.369 e. The van der Waals surface area contributed by atoms with Gasteiger partial charge in [-0.1, -0.05) is 18.2 Å². The zero-order valence-electron chi connectivity index (χ0n) is 15.3. The third-order valence-electron chi connectivity index (χ3n) is 4.52. The number of hydrogen-bond donors (Lipinski definition) is 2. The predicted octanol–water partition coefficient (Wildman–Crippen LogP) is 0.0279. The van der Waals surface area contributed by atoms with Gasteiger partial charge >= 0.3 is 0 Å². The number of hydrogen-bond acceptors (Lipinski definition) is 6. The molecule has 1 aromatic heterocycles. The molecule has 2 heterocycles. The maximum Gasteiger partial charge on any atom is 0.240 e. The van der Waals surface area contributed by atoms with Gasteiger partial charge in [0.1, 0.15) is 12.7 Å². The Morgan fingerprint density at radius 3 is 2.22 bits per heavy atom. The van der Waals surface area contributed by atoms with Gasteiger partial charge in [-0.15, -0.1) is 0 Å². The predicted molar refractivity (Wildman–Crippen MR) is 101 cm³/mol. The minimum Gasteiger partial charge on any atom is -0.369 e. The molecule has 0 aliphatic carbocycles. The normalized spacial score (nSPS) is 14.7. The second-order valence-corrected chi connectivity index (χ2v) is 6.42. The van der Waals surface area contributed by atoms with Crippen molar-refractivity contribution in [3.63, 3.8) is 0 Å². The lowest BCUT2D eigenvalue weighted by atomic mass is 10.2. The van der Waals surface area contributed by atoms with Crippen molar-refractivity contribution in [3.05, 3.63) is 43.0 Å². The number of hydrazine groups is 1. The molecule has 2 aromatic rings. The molecule has 1 aliphatic heterocycles. The number of rotatable bonds is 7. The average molecular weight is 371 g/mol. The Balaban J connectivity index is 1.28. The van der Waals surface area contributed by atoms with Crippen LogP contribution in [0.1, 0.15) is 12.8 Å². The molecule has 2 amide bonds. The zero-order chi connectivity index (χ0) is 18.9. The van der Waals surface area contributed by atoms with Gasteiger partial charge in [0.05, 0.1) is 6.54 Å². The van der Waals surface area contributed by atoms with Crippen LogP contribution in [-0.4, -0.2) is 64.2 Å². The van der Waals surface area contributed by atoms with Crippen molar-refractivity contribution in [2.45, 2.75) is 19.4 Å². The number of piperazine rings is 1. The Kier molecular flexibility index (Phi) is 6.75. The first-order valence-electron chi connectivity index (χ1n) is 9.13. The third kappa shape index (κ3) is 6.07. The molecule has 1 saturated heterocycles. The minimum absolute atomic E-state index is 0.186. The quantitative estimate of drug-likeness (QED) is 0.667. The monoisotopic (exact) mass is 371 g/mol. The van der Waals surface area contributed by atoms with Crippen LogP contribution in [0.15, 0.2) is 43.0 Å². The molecule has 144 valence electrons. The summed E-state index contributed by atoms with van der Waals surface area (Å²) in [5, 5.41) is 3.92. The first-order chi connectivity index (χ1) is 13.2. The smallest absolute Gasteiger partial charge is 0.240 e. The molecule has 1 fully saturated rings. The van der Waals surface area contributed by atoms with Crippen molar-refractivity contribution < 1.29 is 9.59 Å². The molecular weight excluding hydrogens is 346 g/mol. The van der Waals surface area contributed by atoms with Crippen LogP contribution in [0.4, 0.5) is 5.69 Å². The van der Waals surface area contributed by atoms with Gasteiger partial charge in [0.25, 0.3) is 0 Å². The van der Waals surface area contributed by atoms with Gasteiger partial charge in [0.15, 0.2) is 0 Å². The Morgan fingerprint density at radius 1 is 0.926 bits per heavy atom. The van der Waals surface area contributed by atoms with Crippen molar-refractivity contribution in [2.24, 2.45) is 0 Å². The molecule has 0 bridgehead atoms. The fourth-order valence-corrected chi connectivity index (χ4v) is 2.96. The number of para-hydroxylation sites is 1. The molecule has 0 spiro atoms. The van der Waals surface area contributed by atoms with E-state index in [2.05, 4.69) is 42.9 Å². The summed E-state index contributed by atoms with van der Waals surface area (Å²) in [4.78, 5) is 32.1. The van der Waals surface area contributed by atoms with E-state index in [1.54, 1.807) is 11.0 Å². The highest BCUT2D eigenvalue weighted by atomic mass is 16.2. The van der Waals surface area contributed by atoms with E-state index in [-0.39, 0.29) is 18.2 Å². The summed E-state index contributed by atoms with van der Waals surface area (Å²) in [6.07, 6.45) is 3.54. The molecule has 1 aliphatic rings. The van der Waals surface area contributed by atoms with Crippen LogP contribution in [0, 0.1) is 0 Å². The summed E-state index contributed by atoms with van der Waals surface area (Å²) in [5.74, 6) is -0.440. The zero-order valence-corrected chi connectivity index (χ0v) is 15.3. The molecule has 1 aromatic carbocycles. The fraction of sp³-hybridized carbons (Fsp3) is 0.444. The van der Waals surface area contributed by atoms with Gasteiger partial charge in [0, 0.05) is 51.3 Å². The van der Waals surface area contributed by atoms with Crippen LogP contribution >= 0.6 is 0 Å². The average Bonchev–Trinajstić information content (AvgIpc) is 3.24. The molecule has 3 rings (SSSR count). The lowest BCUT2D eigenvalue weighted by molar-refractivity contribution is -0.129. The molecule has 27 heavy (non-hydrogen) atoms. The highest BCUT2D eigenvalue weighted by Gasteiger charge is 2.17. The summed E-state index contributed by atoms with van der Waals surface area (Å²) in [6.45, 7) is 4.85. The lowest BCUT2D eigenvalue weighted by Crippen LogP contribution is -2.48. The van der Waals surface area contributed by atoms with E-state index in [0.717, 1.165) is 26.2 Å². The first-order valence-corrected chi connectivity index (χ1v) is 9.13. The van der Waals surface area contributed by atoms with E-state index in [1.807, 2.05) is 18.2 Å². The Bertz CT molecular complexity index is 713. The van der Waals surface area contributed by atoms with Gasteiger partial charge in [-0.2, -0.15) is 5.10 Å². The SMILES string of the molecule is O=C(CCN1CCN(c2ccccc2)CC1)NNC(=O)CCn1cncn1. The molecular formula is C18H25N7O2. The standard InChI is InChI=1S/C18H25N7O2/c26-17(21-22-18(27)7-9-25-15-19-14-20-25)6-8-23-10-12-24(13-11-23)16-4-2-1-3-5-16/h1-5,14-15H,6-13H2,(H,21,26)(H,22,27). The number of aromatic nitrogens is 3. The van der Waals surface area contributed by atoms with Gasteiger partial charge < -0.3 is 4.90 Å². The fourth-order valence-electron chi connectivity index (χ4n) is 2.96. The van der Waals surface area contributed by atoms with Crippen LogP contribution in [0.5, 0.6) is 0 Å². The summed E-state index contributed by atoms with van der Waals surface area (Å²) >= 11 is 0. The number of carbonyl (C=O) groups is 2. The van der Waals surface area contributed by atoms with Crippen molar-refractivity contribution in [1.29, 1.82) is 0 Å². The number of benzene rings is 1. The lowest BCUT2D eigenvalue weighted by Gasteiger charge is -2.36. The van der Waals surface area contributed by atoms with E-state index in [4.69, 9.17) is 0 Å². The summed E-state index contributed by atoms with van der Waals surface area (Å²) in [6, 6.07) is 10.4. The van der Waals surface area contributed by atoms with Crippen LogP contribution in [0.3, 0.4) is 0 Å². The number of anilines is 1. The number of amides is 2.